The van der Waals surface area contributed by atoms with Gasteiger partial charge in [-0.15, -0.1) is 0 Å². The van der Waals surface area contributed by atoms with Crippen LogP contribution in [-0.2, 0) is 9.59 Å². The molecule has 19 heavy (non-hydrogen) atoms. The minimum atomic E-state index is -0.350. The predicted molar refractivity (Wildman–Crippen MR) is 75.8 cm³/mol. The average Bonchev–Trinajstić information content (AvgIpc) is 2.88. The molecule has 1 aliphatic rings. The molecule has 0 spiro atoms. The summed E-state index contributed by atoms with van der Waals surface area (Å²) in [7, 11) is 0. The Morgan fingerprint density at radius 1 is 1.26 bits per heavy atom. The number of carbonyl (C=O) groups is 2. The molecule has 1 aliphatic heterocycles. The summed E-state index contributed by atoms with van der Waals surface area (Å²) >= 11 is 0. The van der Waals surface area contributed by atoms with E-state index in [2.05, 4.69) is 10.6 Å². The zero-order valence-electron chi connectivity index (χ0n) is 12.6. The van der Waals surface area contributed by atoms with Crippen LogP contribution in [0.25, 0.3) is 0 Å². The third-order valence-corrected chi connectivity index (χ3v) is 3.76. The zero-order valence-corrected chi connectivity index (χ0v) is 12.6. The van der Waals surface area contributed by atoms with Crippen LogP contribution in [-0.4, -0.2) is 47.9 Å². The van der Waals surface area contributed by atoms with Crippen molar-refractivity contribution in [3.63, 3.8) is 0 Å². The Hall–Kier alpha value is -1.10. The summed E-state index contributed by atoms with van der Waals surface area (Å²) < 4.78 is 0. The van der Waals surface area contributed by atoms with E-state index in [0.29, 0.717) is 0 Å². The molecule has 0 saturated carbocycles. The summed E-state index contributed by atoms with van der Waals surface area (Å²) in [4.78, 5) is 25.7. The number of amides is 2. The molecule has 2 N–H and O–H groups in total. The van der Waals surface area contributed by atoms with Crippen molar-refractivity contribution < 1.29 is 9.59 Å². The fraction of sp³-hybridized carbons (Fsp3) is 0.857. The van der Waals surface area contributed by atoms with Gasteiger partial charge in [0.15, 0.2) is 0 Å². The molecule has 0 aromatic rings. The molecule has 0 bridgehead atoms. The Morgan fingerprint density at radius 2 is 1.84 bits per heavy atom. The van der Waals surface area contributed by atoms with Gasteiger partial charge in [0.05, 0.1) is 12.6 Å². The first-order chi connectivity index (χ1) is 8.85. The summed E-state index contributed by atoms with van der Waals surface area (Å²) in [5.74, 6) is 0.0352. The lowest BCUT2D eigenvalue weighted by molar-refractivity contribution is -0.129. The molecule has 5 heteroatoms. The van der Waals surface area contributed by atoms with Gasteiger partial charge in [-0.3, -0.25) is 14.9 Å². The predicted octanol–water partition coefficient (Wildman–Crippen LogP) is 0.892. The lowest BCUT2D eigenvalue weighted by Gasteiger charge is -2.27. The van der Waals surface area contributed by atoms with E-state index in [9.17, 15) is 9.59 Å². The van der Waals surface area contributed by atoms with E-state index >= 15 is 0 Å². The van der Waals surface area contributed by atoms with Gasteiger partial charge in [0.25, 0.3) is 0 Å². The molecule has 1 atom stereocenters. The molecule has 1 fully saturated rings. The molecule has 0 aromatic carbocycles. The second-order valence-corrected chi connectivity index (χ2v) is 5.92. The van der Waals surface area contributed by atoms with Crippen molar-refractivity contribution in [2.75, 3.05) is 19.6 Å². The van der Waals surface area contributed by atoms with Crippen LogP contribution in [0.4, 0.5) is 0 Å². The molecule has 1 saturated heterocycles. The van der Waals surface area contributed by atoms with Crippen molar-refractivity contribution in [1.29, 1.82) is 0 Å². The van der Waals surface area contributed by atoms with Crippen LogP contribution in [0.5, 0.6) is 0 Å². The number of nitrogens with zero attached hydrogens (tertiary/aromatic N) is 1. The largest absolute Gasteiger partial charge is 0.350 e. The normalized spacial score (nSPS) is 17.4. The third kappa shape index (κ3) is 5.19. The van der Waals surface area contributed by atoms with Crippen molar-refractivity contribution in [3.05, 3.63) is 0 Å². The van der Waals surface area contributed by atoms with E-state index in [1.165, 1.54) is 0 Å². The Morgan fingerprint density at radius 3 is 2.37 bits per heavy atom. The Kier molecular flexibility index (Phi) is 5.79. The van der Waals surface area contributed by atoms with Crippen molar-refractivity contribution in [1.82, 2.24) is 15.5 Å². The number of rotatable bonds is 6. The van der Waals surface area contributed by atoms with Gasteiger partial charge in [-0.25, -0.2) is 0 Å². The molecule has 1 heterocycles. The highest BCUT2D eigenvalue weighted by Gasteiger charge is 2.23. The summed E-state index contributed by atoms with van der Waals surface area (Å²) in [6, 6.07) is -0.350. The maximum Gasteiger partial charge on any atom is 0.237 e. The molecular weight excluding hydrogens is 242 g/mol. The van der Waals surface area contributed by atoms with Crippen molar-refractivity contribution in [2.24, 2.45) is 0 Å². The molecule has 0 aliphatic carbocycles. The standard InChI is InChI=1S/C14H27N3O2/c1-5-14(3,4)16-13(19)11(2)15-10-12(18)17-8-6-7-9-17/h11,15H,5-10H2,1-4H3,(H,16,19). The number of hydrogen-bond donors (Lipinski definition) is 2. The quantitative estimate of drug-likeness (QED) is 0.753. The van der Waals surface area contributed by atoms with Crippen LogP contribution in [0.2, 0.25) is 0 Å². The van der Waals surface area contributed by atoms with Gasteiger partial charge in [-0.2, -0.15) is 0 Å². The van der Waals surface area contributed by atoms with Gasteiger partial charge < -0.3 is 10.2 Å². The monoisotopic (exact) mass is 269 g/mol. The summed E-state index contributed by atoms with van der Waals surface area (Å²) in [5.41, 5.74) is -0.202. The van der Waals surface area contributed by atoms with E-state index in [1.54, 1.807) is 6.92 Å². The van der Waals surface area contributed by atoms with E-state index < -0.39 is 0 Å². The van der Waals surface area contributed by atoms with Crippen LogP contribution in [0.15, 0.2) is 0 Å². The summed E-state index contributed by atoms with van der Waals surface area (Å²) in [6.07, 6.45) is 3.05. The first-order valence-corrected chi connectivity index (χ1v) is 7.19. The number of carbonyl (C=O) groups excluding carboxylic acids is 2. The number of hydrogen-bond acceptors (Lipinski definition) is 3. The Labute approximate surface area is 116 Å². The number of nitrogens with one attached hydrogen (secondary N) is 2. The average molecular weight is 269 g/mol. The van der Waals surface area contributed by atoms with Gasteiger partial charge in [0.1, 0.15) is 0 Å². The second-order valence-electron chi connectivity index (χ2n) is 5.92. The molecule has 0 radical (unpaired) electrons. The third-order valence-electron chi connectivity index (χ3n) is 3.76. The van der Waals surface area contributed by atoms with Gasteiger partial charge in [-0.1, -0.05) is 6.92 Å². The highest BCUT2D eigenvalue weighted by molar-refractivity contribution is 5.83. The van der Waals surface area contributed by atoms with E-state index in [0.717, 1.165) is 32.4 Å². The van der Waals surface area contributed by atoms with Crippen LogP contribution in [0, 0.1) is 0 Å². The lowest BCUT2D eigenvalue weighted by Crippen LogP contribution is -2.52. The molecule has 110 valence electrons. The minimum Gasteiger partial charge on any atom is -0.350 e. The fourth-order valence-electron chi connectivity index (χ4n) is 1.94. The Bertz CT molecular complexity index is 323. The lowest BCUT2D eigenvalue weighted by atomic mass is 10.0. The highest BCUT2D eigenvalue weighted by atomic mass is 16.2. The highest BCUT2D eigenvalue weighted by Crippen LogP contribution is 2.08. The maximum atomic E-state index is 12.0. The van der Waals surface area contributed by atoms with E-state index in [-0.39, 0.29) is 29.9 Å². The second kappa shape index (κ2) is 6.89. The molecular formula is C14H27N3O2. The minimum absolute atomic E-state index is 0.0546. The van der Waals surface area contributed by atoms with Gasteiger partial charge in [0, 0.05) is 18.6 Å². The molecule has 1 unspecified atom stereocenters. The fourth-order valence-corrected chi connectivity index (χ4v) is 1.94. The van der Waals surface area contributed by atoms with Gasteiger partial charge in [-0.05, 0) is 40.0 Å². The van der Waals surface area contributed by atoms with Crippen LogP contribution >= 0.6 is 0 Å². The maximum absolute atomic E-state index is 12.0. The van der Waals surface area contributed by atoms with Crippen molar-refractivity contribution in [3.8, 4) is 0 Å². The van der Waals surface area contributed by atoms with Crippen molar-refractivity contribution in [2.45, 2.75) is 58.5 Å². The SMILES string of the molecule is CCC(C)(C)NC(=O)C(C)NCC(=O)N1CCCC1. The summed E-state index contributed by atoms with van der Waals surface area (Å²) in [6.45, 7) is 9.75. The van der Waals surface area contributed by atoms with Crippen LogP contribution < -0.4 is 10.6 Å². The summed E-state index contributed by atoms with van der Waals surface area (Å²) in [5, 5.41) is 5.98. The van der Waals surface area contributed by atoms with Crippen LogP contribution in [0.3, 0.4) is 0 Å². The van der Waals surface area contributed by atoms with Gasteiger partial charge in [0.2, 0.25) is 11.8 Å². The van der Waals surface area contributed by atoms with Crippen molar-refractivity contribution >= 4 is 11.8 Å². The topological polar surface area (TPSA) is 61.4 Å². The van der Waals surface area contributed by atoms with Crippen LogP contribution in [0.1, 0.15) is 47.0 Å². The molecule has 5 nitrogen and oxygen atoms in total. The van der Waals surface area contributed by atoms with E-state index in [4.69, 9.17) is 0 Å². The molecule has 0 aromatic heterocycles. The smallest absolute Gasteiger partial charge is 0.237 e. The first kappa shape index (κ1) is 16.0. The Balaban J connectivity index is 2.31. The first-order valence-electron chi connectivity index (χ1n) is 7.19. The molecule has 1 rings (SSSR count). The zero-order chi connectivity index (χ0) is 14.5. The van der Waals surface area contributed by atoms with E-state index in [1.807, 2.05) is 25.7 Å². The number of likely N-dealkylation sites (tertiary alicyclic amines) is 1. The molecule has 2 amide bonds. The van der Waals surface area contributed by atoms with Gasteiger partial charge >= 0.3 is 0 Å².